The lowest BCUT2D eigenvalue weighted by Gasteiger charge is -2.34. The molecule has 2 amide bonds. The van der Waals surface area contributed by atoms with Crippen molar-refractivity contribution >= 4 is 27.4 Å². The zero-order chi connectivity index (χ0) is 23.8. The van der Waals surface area contributed by atoms with Crippen molar-refractivity contribution in [1.29, 1.82) is 0 Å². The topological polar surface area (TPSA) is 114 Å². The van der Waals surface area contributed by atoms with Crippen LogP contribution in [-0.2, 0) is 19.3 Å². The number of ether oxygens (including phenoxy) is 1. The molecule has 1 aliphatic heterocycles. The number of carbonyl (C=O) groups is 1. The predicted molar refractivity (Wildman–Crippen MR) is 124 cm³/mol. The third-order valence-corrected chi connectivity index (χ3v) is 8.10. The summed E-state index contributed by atoms with van der Waals surface area (Å²) >= 11 is 0. The molecule has 1 atom stereocenters. The first-order chi connectivity index (χ1) is 15.6. The maximum Gasteiger partial charge on any atom is 0.319 e. The number of amides is 2. The number of anilines is 2. The first-order valence-electron chi connectivity index (χ1n) is 10.9. The summed E-state index contributed by atoms with van der Waals surface area (Å²) in [6.45, 7) is 5.85. The second kappa shape index (κ2) is 8.86. The highest BCUT2D eigenvalue weighted by Crippen LogP contribution is 2.52. The number of halogens is 1. The minimum atomic E-state index is -3.40. The summed E-state index contributed by atoms with van der Waals surface area (Å²) < 4.78 is 44.4. The number of carbonyl (C=O) groups excluding carboxylic acids is 1. The Labute approximate surface area is 192 Å². The number of sulfone groups is 1. The van der Waals surface area contributed by atoms with E-state index in [2.05, 4.69) is 25.5 Å². The van der Waals surface area contributed by atoms with Gasteiger partial charge in [-0.25, -0.2) is 27.6 Å². The molecule has 1 saturated carbocycles. The lowest BCUT2D eigenvalue weighted by atomic mass is 10.1. The molecule has 2 aromatic rings. The number of nitrogens with one attached hydrogen (secondary N) is 2. The van der Waals surface area contributed by atoms with Crippen LogP contribution in [0.1, 0.15) is 32.4 Å². The Kier molecular flexibility index (Phi) is 6.28. The zero-order valence-corrected chi connectivity index (χ0v) is 19.7. The van der Waals surface area contributed by atoms with E-state index in [1.165, 1.54) is 18.4 Å². The molecule has 1 aromatic carbocycles. The summed E-state index contributed by atoms with van der Waals surface area (Å²) in [6, 6.07) is 5.57. The van der Waals surface area contributed by atoms with E-state index < -0.39 is 26.4 Å². The summed E-state index contributed by atoms with van der Waals surface area (Å²) in [5, 5.41) is 5.00. The van der Waals surface area contributed by atoms with E-state index in [9.17, 15) is 17.6 Å². The summed E-state index contributed by atoms with van der Waals surface area (Å²) in [6.07, 6.45) is 2.20. The molecule has 9 nitrogen and oxygen atoms in total. The number of urea groups is 1. The van der Waals surface area contributed by atoms with Crippen LogP contribution in [0, 0.1) is 5.82 Å². The van der Waals surface area contributed by atoms with E-state index in [-0.39, 0.29) is 17.6 Å². The van der Waals surface area contributed by atoms with Crippen molar-refractivity contribution in [3.8, 4) is 11.4 Å². The van der Waals surface area contributed by atoms with Gasteiger partial charge in [0.05, 0.1) is 30.6 Å². The number of nitrogens with zero attached hydrogens (tertiary/aromatic N) is 3. The molecule has 2 aliphatic rings. The Bertz CT molecular complexity index is 1170. The molecule has 1 aromatic heterocycles. The van der Waals surface area contributed by atoms with Crippen LogP contribution in [0.3, 0.4) is 0 Å². The Balaban J connectivity index is 1.76. The minimum Gasteiger partial charge on any atom is -0.377 e. The molecule has 1 saturated heterocycles. The number of hydrogen-bond donors (Lipinski definition) is 2. The maximum atomic E-state index is 14.8. The van der Waals surface area contributed by atoms with Gasteiger partial charge in [-0.3, -0.25) is 0 Å². The largest absolute Gasteiger partial charge is 0.377 e. The van der Waals surface area contributed by atoms with Gasteiger partial charge in [0.25, 0.3) is 0 Å². The molecule has 2 fully saturated rings. The van der Waals surface area contributed by atoms with Crippen molar-refractivity contribution in [2.24, 2.45) is 0 Å². The van der Waals surface area contributed by atoms with Crippen LogP contribution in [0.2, 0.25) is 0 Å². The lowest BCUT2D eigenvalue weighted by molar-refractivity contribution is 0.0985. The van der Waals surface area contributed by atoms with Gasteiger partial charge in [0.15, 0.2) is 15.7 Å². The molecule has 11 heteroatoms. The average Bonchev–Trinajstić information content (AvgIpc) is 3.58. The van der Waals surface area contributed by atoms with Gasteiger partial charge in [-0.05, 0) is 44.9 Å². The molecule has 2 heterocycles. The van der Waals surface area contributed by atoms with Crippen molar-refractivity contribution in [3.63, 3.8) is 0 Å². The smallest absolute Gasteiger partial charge is 0.319 e. The number of aromatic nitrogens is 2. The van der Waals surface area contributed by atoms with E-state index in [1.807, 2.05) is 6.92 Å². The van der Waals surface area contributed by atoms with Crippen molar-refractivity contribution in [2.75, 3.05) is 42.8 Å². The van der Waals surface area contributed by atoms with Crippen LogP contribution < -0.4 is 15.5 Å². The summed E-state index contributed by atoms with van der Waals surface area (Å²) in [4.78, 5) is 23.0. The van der Waals surface area contributed by atoms with Crippen LogP contribution >= 0.6 is 0 Å². The van der Waals surface area contributed by atoms with E-state index >= 15 is 0 Å². The first-order valence-corrected chi connectivity index (χ1v) is 12.8. The average molecular weight is 478 g/mol. The SMILES string of the molecule is CCNC(=O)Nc1ccc(-c2nc(N3CCOC[C@@H]3C)cc(C3(S(C)(=O)=O)CC3)n2)cc1F. The molecule has 0 bridgehead atoms. The summed E-state index contributed by atoms with van der Waals surface area (Å²) in [7, 11) is -3.40. The highest BCUT2D eigenvalue weighted by Gasteiger charge is 2.55. The molecule has 0 spiro atoms. The number of rotatable bonds is 6. The Morgan fingerprint density at radius 3 is 2.67 bits per heavy atom. The fourth-order valence-electron chi connectivity index (χ4n) is 4.02. The molecule has 0 unspecified atom stereocenters. The first kappa shape index (κ1) is 23.4. The third-order valence-electron chi connectivity index (χ3n) is 6.07. The van der Waals surface area contributed by atoms with Gasteiger partial charge in [-0.1, -0.05) is 0 Å². The highest BCUT2D eigenvalue weighted by atomic mass is 32.2. The number of benzene rings is 1. The summed E-state index contributed by atoms with van der Waals surface area (Å²) in [5.74, 6) is 0.184. The molecule has 4 rings (SSSR count). The van der Waals surface area contributed by atoms with Crippen molar-refractivity contribution in [1.82, 2.24) is 15.3 Å². The normalized spacial score (nSPS) is 19.8. The zero-order valence-electron chi connectivity index (χ0n) is 18.9. The van der Waals surface area contributed by atoms with Crippen LogP contribution in [0.5, 0.6) is 0 Å². The van der Waals surface area contributed by atoms with Gasteiger partial charge in [0.1, 0.15) is 16.4 Å². The molecule has 33 heavy (non-hydrogen) atoms. The Morgan fingerprint density at radius 2 is 2.06 bits per heavy atom. The molecular formula is C22H28FN5O4S. The van der Waals surface area contributed by atoms with Crippen LogP contribution in [-0.4, -0.2) is 63.0 Å². The van der Waals surface area contributed by atoms with Crippen LogP contribution in [0.25, 0.3) is 11.4 Å². The highest BCUT2D eigenvalue weighted by molar-refractivity contribution is 7.91. The van der Waals surface area contributed by atoms with Gasteiger partial charge in [-0.15, -0.1) is 0 Å². The van der Waals surface area contributed by atoms with Crippen LogP contribution in [0.4, 0.5) is 20.7 Å². The Hall–Kier alpha value is -2.79. The van der Waals surface area contributed by atoms with E-state index in [1.54, 1.807) is 19.1 Å². The summed E-state index contributed by atoms with van der Waals surface area (Å²) in [5.41, 5.74) is 0.841. The van der Waals surface area contributed by atoms with E-state index in [4.69, 9.17) is 4.74 Å². The molecule has 1 aliphatic carbocycles. The fraction of sp³-hybridized carbons (Fsp3) is 0.500. The minimum absolute atomic E-state index is 0.0256. The van der Waals surface area contributed by atoms with E-state index in [0.29, 0.717) is 56.2 Å². The molecule has 0 radical (unpaired) electrons. The van der Waals surface area contributed by atoms with Gasteiger partial charge in [-0.2, -0.15) is 0 Å². The quantitative estimate of drug-likeness (QED) is 0.658. The van der Waals surface area contributed by atoms with Crippen molar-refractivity contribution < 1.29 is 22.3 Å². The fourth-order valence-corrected chi connectivity index (χ4v) is 5.35. The van der Waals surface area contributed by atoms with E-state index in [0.717, 1.165) is 0 Å². The monoisotopic (exact) mass is 477 g/mol. The molecule has 2 N–H and O–H groups in total. The van der Waals surface area contributed by atoms with Gasteiger partial charge >= 0.3 is 6.03 Å². The van der Waals surface area contributed by atoms with Gasteiger partial charge in [0, 0.05) is 31.0 Å². The second-order valence-electron chi connectivity index (χ2n) is 8.50. The Morgan fingerprint density at radius 1 is 1.30 bits per heavy atom. The maximum absolute atomic E-state index is 14.8. The van der Waals surface area contributed by atoms with Crippen molar-refractivity contribution in [2.45, 2.75) is 37.5 Å². The molecular weight excluding hydrogens is 449 g/mol. The second-order valence-corrected chi connectivity index (χ2v) is 10.8. The predicted octanol–water partition coefficient (Wildman–Crippen LogP) is 2.68. The number of hydrogen-bond acceptors (Lipinski definition) is 7. The third kappa shape index (κ3) is 4.65. The van der Waals surface area contributed by atoms with Gasteiger partial charge in [0.2, 0.25) is 0 Å². The standard InChI is InChI=1S/C22H28FN5O4S/c1-4-24-21(29)25-17-6-5-15(11-16(17)23)20-26-18(22(7-8-22)33(3,30)31)12-19(27-20)28-9-10-32-13-14(28)2/h5-6,11-12,14H,4,7-10,13H2,1-3H3,(H2,24,25,29)/t14-/m0/s1. The van der Waals surface area contributed by atoms with Gasteiger partial charge < -0.3 is 20.3 Å². The number of morpholine rings is 1. The van der Waals surface area contributed by atoms with Crippen molar-refractivity contribution in [3.05, 3.63) is 35.8 Å². The molecule has 178 valence electrons. The van der Waals surface area contributed by atoms with Crippen LogP contribution in [0.15, 0.2) is 24.3 Å². The lowest BCUT2D eigenvalue weighted by Crippen LogP contribution is -2.44.